The van der Waals surface area contributed by atoms with E-state index in [1.165, 1.54) is 57.8 Å². The molecular weight excluding hydrogens is 268 g/mol. The minimum atomic E-state index is 0.620. The lowest BCUT2D eigenvalue weighted by molar-refractivity contribution is -0.114. The van der Waals surface area contributed by atoms with Crippen LogP contribution in [0, 0.1) is 23.2 Å². The van der Waals surface area contributed by atoms with Crippen LogP contribution in [0.25, 0.3) is 0 Å². The molecule has 0 spiro atoms. The number of hydrogen-bond donors (Lipinski definition) is 2. The van der Waals surface area contributed by atoms with Crippen LogP contribution in [0.1, 0.15) is 78.6 Å². The summed E-state index contributed by atoms with van der Waals surface area (Å²) in [6.45, 7) is 9.79. The van der Waals surface area contributed by atoms with Crippen molar-refractivity contribution in [2.75, 3.05) is 13.1 Å². The van der Waals surface area contributed by atoms with Crippen LogP contribution in [0.5, 0.6) is 0 Å². The van der Waals surface area contributed by atoms with Gasteiger partial charge >= 0.3 is 0 Å². The number of hydrogen-bond acceptors (Lipinski definition) is 2. The third kappa shape index (κ3) is 3.53. The van der Waals surface area contributed by atoms with Crippen molar-refractivity contribution in [1.29, 1.82) is 0 Å². The fourth-order valence-corrected chi connectivity index (χ4v) is 5.61. The Labute approximate surface area is 138 Å². The van der Waals surface area contributed by atoms with Crippen LogP contribution in [0.15, 0.2) is 0 Å². The molecule has 0 unspecified atom stereocenters. The highest BCUT2D eigenvalue weighted by molar-refractivity contribution is 5.06. The van der Waals surface area contributed by atoms with Gasteiger partial charge < -0.3 is 10.6 Å². The van der Waals surface area contributed by atoms with Crippen molar-refractivity contribution in [3.63, 3.8) is 0 Å². The summed E-state index contributed by atoms with van der Waals surface area (Å²) in [4.78, 5) is 0. The van der Waals surface area contributed by atoms with Gasteiger partial charge in [0, 0.05) is 25.2 Å². The minimum Gasteiger partial charge on any atom is -0.313 e. The lowest BCUT2D eigenvalue weighted by Gasteiger charge is -2.62. The highest BCUT2D eigenvalue weighted by atomic mass is 15.0. The molecule has 2 nitrogen and oxygen atoms in total. The van der Waals surface area contributed by atoms with E-state index in [1.807, 2.05) is 0 Å². The molecule has 0 aromatic rings. The van der Waals surface area contributed by atoms with Gasteiger partial charge in [-0.3, -0.25) is 0 Å². The predicted octanol–water partition coefficient (Wildman–Crippen LogP) is 4.35. The van der Waals surface area contributed by atoms with Crippen molar-refractivity contribution >= 4 is 0 Å². The van der Waals surface area contributed by atoms with Gasteiger partial charge in [-0.2, -0.15) is 0 Å². The van der Waals surface area contributed by atoms with E-state index in [2.05, 4.69) is 31.4 Å². The number of rotatable bonds is 5. The van der Waals surface area contributed by atoms with Crippen molar-refractivity contribution in [1.82, 2.24) is 10.6 Å². The lowest BCUT2D eigenvalue weighted by Crippen LogP contribution is -2.60. The zero-order valence-electron chi connectivity index (χ0n) is 15.2. The maximum absolute atomic E-state index is 3.88. The maximum Gasteiger partial charge on any atom is 0.00989 e. The first-order valence-corrected chi connectivity index (χ1v) is 10.1. The highest BCUT2D eigenvalue weighted by Crippen LogP contribution is 2.61. The van der Waals surface area contributed by atoms with Crippen LogP contribution in [-0.2, 0) is 0 Å². The fourth-order valence-electron chi connectivity index (χ4n) is 5.61. The molecule has 0 saturated heterocycles. The van der Waals surface area contributed by atoms with Crippen LogP contribution >= 0.6 is 0 Å². The van der Waals surface area contributed by atoms with E-state index in [-0.39, 0.29) is 0 Å². The van der Waals surface area contributed by atoms with Gasteiger partial charge in [-0.05, 0) is 48.9 Å². The largest absolute Gasteiger partial charge is 0.313 e. The highest BCUT2D eigenvalue weighted by Gasteiger charge is 2.55. The summed E-state index contributed by atoms with van der Waals surface area (Å²) in [6, 6.07) is 1.56. The summed E-state index contributed by atoms with van der Waals surface area (Å²) in [6.07, 6.45) is 12.9. The van der Waals surface area contributed by atoms with E-state index in [4.69, 9.17) is 0 Å². The number of nitrogens with one attached hydrogen (secondary N) is 2. The second-order valence-electron chi connectivity index (χ2n) is 9.01. The van der Waals surface area contributed by atoms with Gasteiger partial charge in [0.15, 0.2) is 0 Å². The van der Waals surface area contributed by atoms with Crippen molar-refractivity contribution in [3.8, 4) is 0 Å². The molecular formula is C20H38N2. The summed E-state index contributed by atoms with van der Waals surface area (Å²) in [5, 5.41) is 7.69. The third-order valence-electron chi connectivity index (χ3n) is 7.42. The summed E-state index contributed by atoms with van der Waals surface area (Å²) in [5.74, 6) is 2.80. The molecule has 22 heavy (non-hydrogen) atoms. The third-order valence-corrected chi connectivity index (χ3v) is 7.42. The van der Waals surface area contributed by atoms with Crippen LogP contribution < -0.4 is 10.6 Å². The maximum atomic E-state index is 3.88. The molecule has 0 aromatic heterocycles. The molecule has 128 valence electrons. The molecule has 4 fully saturated rings. The lowest BCUT2D eigenvalue weighted by atomic mass is 9.45. The second-order valence-corrected chi connectivity index (χ2v) is 9.01. The fraction of sp³-hybridized carbons (Fsp3) is 1.00. The minimum absolute atomic E-state index is 0.620. The molecule has 2 heteroatoms. The first-order chi connectivity index (χ1) is 10.6. The molecule has 4 saturated carbocycles. The molecule has 0 aliphatic heterocycles. The number of fused-ring (bicyclic) bond motifs is 2. The summed E-state index contributed by atoms with van der Waals surface area (Å²) in [5.41, 5.74) is 0.620. The Kier molecular flexibility index (Phi) is 5.50. The Hall–Kier alpha value is -0.0800. The Morgan fingerprint density at radius 2 is 1.50 bits per heavy atom. The van der Waals surface area contributed by atoms with Crippen LogP contribution in [0.3, 0.4) is 0 Å². The van der Waals surface area contributed by atoms with E-state index in [9.17, 15) is 0 Å². The summed E-state index contributed by atoms with van der Waals surface area (Å²) >= 11 is 0. The standard InChI is InChI=1S/C20H38N2/c1-15-18-13-16(20(18,2)3)14-19(15)22-12-11-21-17-9-7-5-4-6-8-10-17/h15-19,21-22H,4-14H2,1-3H3/t15-,16+,18-,19-/m1/s1. The summed E-state index contributed by atoms with van der Waals surface area (Å²) in [7, 11) is 0. The van der Waals surface area contributed by atoms with E-state index >= 15 is 0 Å². The van der Waals surface area contributed by atoms with Gasteiger partial charge in [0.1, 0.15) is 0 Å². The zero-order valence-corrected chi connectivity index (χ0v) is 15.2. The van der Waals surface area contributed by atoms with E-state index in [0.29, 0.717) is 5.41 Å². The quantitative estimate of drug-likeness (QED) is 0.738. The van der Waals surface area contributed by atoms with Crippen LogP contribution in [0.4, 0.5) is 0 Å². The van der Waals surface area contributed by atoms with Crippen molar-refractivity contribution in [2.24, 2.45) is 23.2 Å². The van der Waals surface area contributed by atoms with Crippen molar-refractivity contribution < 1.29 is 0 Å². The molecule has 2 bridgehead atoms. The van der Waals surface area contributed by atoms with Gasteiger partial charge in [-0.15, -0.1) is 0 Å². The molecule has 4 atom stereocenters. The van der Waals surface area contributed by atoms with Gasteiger partial charge in [0.2, 0.25) is 0 Å². The molecule has 0 radical (unpaired) electrons. The normalized spacial score (nSPS) is 38.9. The van der Waals surface area contributed by atoms with Gasteiger partial charge in [-0.1, -0.05) is 52.9 Å². The predicted molar refractivity (Wildman–Crippen MR) is 95.1 cm³/mol. The topological polar surface area (TPSA) is 24.1 Å². The summed E-state index contributed by atoms with van der Waals surface area (Å²) < 4.78 is 0. The average molecular weight is 307 g/mol. The first kappa shape index (κ1) is 16.8. The smallest absolute Gasteiger partial charge is 0.00989 e. The molecule has 4 rings (SSSR count). The average Bonchev–Trinajstić information content (AvgIpc) is 2.46. The van der Waals surface area contributed by atoms with Gasteiger partial charge in [-0.25, -0.2) is 0 Å². The van der Waals surface area contributed by atoms with Crippen LogP contribution in [-0.4, -0.2) is 25.2 Å². The molecule has 4 aliphatic carbocycles. The second kappa shape index (κ2) is 7.21. The Balaban J connectivity index is 1.34. The zero-order chi connectivity index (χ0) is 15.6. The van der Waals surface area contributed by atoms with Gasteiger partial charge in [0.05, 0.1) is 0 Å². The van der Waals surface area contributed by atoms with E-state index < -0.39 is 0 Å². The molecule has 4 aliphatic rings. The monoisotopic (exact) mass is 306 g/mol. The SMILES string of the molecule is C[C@@H]1[C@H]2C[C@@H](C[C@H]1NCCNC1CCCCCCC1)C2(C)C. The molecule has 2 N–H and O–H groups in total. The molecule has 0 heterocycles. The van der Waals surface area contributed by atoms with Crippen molar-refractivity contribution in [2.45, 2.75) is 90.6 Å². The molecule has 0 aromatic carbocycles. The Morgan fingerprint density at radius 1 is 0.864 bits per heavy atom. The van der Waals surface area contributed by atoms with E-state index in [0.717, 1.165) is 42.9 Å². The van der Waals surface area contributed by atoms with E-state index in [1.54, 1.807) is 0 Å². The molecule has 0 amide bonds. The van der Waals surface area contributed by atoms with Gasteiger partial charge in [0.25, 0.3) is 0 Å². The van der Waals surface area contributed by atoms with Crippen LogP contribution in [0.2, 0.25) is 0 Å². The Bertz CT molecular complexity index is 344. The van der Waals surface area contributed by atoms with Crippen molar-refractivity contribution in [3.05, 3.63) is 0 Å². The first-order valence-electron chi connectivity index (χ1n) is 10.1. The Morgan fingerprint density at radius 3 is 2.14 bits per heavy atom.